The van der Waals surface area contributed by atoms with Crippen LogP contribution in [0.5, 0.6) is 0 Å². The van der Waals surface area contributed by atoms with Crippen LogP contribution in [0.15, 0.2) is 18.2 Å². The lowest BCUT2D eigenvalue weighted by atomic mass is 9.94. The number of halogens is 14. The predicted molar refractivity (Wildman–Crippen MR) is 136 cm³/mol. The fourth-order valence-corrected chi connectivity index (χ4v) is 5.19. The zero-order valence-electron chi connectivity index (χ0n) is 13.6. The van der Waals surface area contributed by atoms with Crippen molar-refractivity contribution in [2.24, 2.45) is 0 Å². The number of rotatable bonds is 6. The summed E-state index contributed by atoms with van der Waals surface area (Å²) in [4.78, 5) is 0. The van der Waals surface area contributed by atoms with Gasteiger partial charge in [0.1, 0.15) is 0 Å². The van der Waals surface area contributed by atoms with Crippen molar-refractivity contribution in [1.82, 2.24) is 0 Å². The van der Waals surface area contributed by atoms with Gasteiger partial charge in [-0.15, -0.1) is 0 Å². The second kappa shape index (κ2) is 10.1. The van der Waals surface area contributed by atoms with Crippen molar-refractivity contribution in [3.63, 3.8) is 0 Å². The van der Waals surface area contributed by atoms with Crippen LogP contribution in [0.2, 0.25) is 0 Å². The molecule has 0 saturated heterocycles. The Morgan fingerprint density at radius 2 is 1.03 bits per heavy atom. The van der Waals surface area contributed by atoms with Crippen LogP contribution in [0, 0.1) is 6.92 Å². The van der Waals surface area contributed by atoms with Crippen LogP contribution in [-0.4, -0.2) is 16.3 Å². The highest BCUT2D eigenvalue weighted by atomic mass is 35.6. The first-order valence-electron chi connectivity index (χ1n) is 7.24. The summed E-state index contributed by atoms with van der Waals surface area (Å²) in [5.41, 5.74) is 0.720. The molecular formula is C15H9Cl14. The molecule has 0 atom stereocenters. The molecule has 167 valence electrons. The Labute approximate surface area is 239 Å². The zero-order valence-corrected chi connectivity index (χ0v) is 24.2. The van der Waals surface area contributed by atoms with Crippen LogP contribution in [-0.2, 0) is 15.1 Å². The molecule has 0 N–H and O–H groups in total. The summed E-state index contributed by atoms with van der Waals surface area (Å²) in [5.74, 6) is 0. The van der Waals surface area contributed by atoms with Crippen molar-refractivity contribution >= 4 is 162 Å². The van der Waals surface area contributed by atoms with Gasteiger partial charge in [-0.05, 0) is 35.6 Å². The minimum atomic E-state index is -2.32. The average molecular weight is 686 g/mol. The maximum absolute atomic E-state index is 6.50. The maximum atomic E-state index is 6.50. The average Bonchev–Trinajstić information content (AvgIpc) is 2.52. The molecule has 0 nitrogen and oxygen atoms in total. The molecule has 0 aliphatic rings. The third-order valence-electron chi connectivity index (χ3n) is 3.76. The van der Waals surface area contributed by atoms with Crippen LogP contribution in [0.3, 0.4) is 0 Å². The van der Waals surface area contributed by atoms with Crippen LogP contribution in [0.1, 0.15) is 23.1 Å². The second-order valence-electron chi connectivity index (χ2n) is 5.77. The molecule has 0 unspecified atom stereocenters. The Balaban J connectivity index is 3.78. The summed E-state index contributed by atoms with van der Waals surface area (Å²) in [6.07, 6.45) is 0.854. The smallest absolute Gasteiger partial charge is 0.0930 e. The van der Waals surface area contributed by atoms with E-state index in [9.17, 15) is 0 Å². The number of benzene rings is 1. The molecular weight excluding hydrogens is 677 g/mol. The molecule has 0 amide bonds. The largest absolute Gasteiger partial charge is 0.226 e. The lowest BCUT2D eigenvalue weighted by Crippen LogP contribution is -2.46. The van der Waals surface area contributed by atoms with E-state index in [1.165, 1.54) is 12.1 Å². The van der Waals surface area contributed by atoms with Crippen molar-refractivity contribution in [3.8, 4) is 0 Å². The maximum Gasteiger partial charge on any atom is 0.226 e. The standard InChI is InChI=1S/C15H9Cl14/c1-2-3-7-4-5-8(10(16,17)12(20,21)14(24,25)26)6-9(7)11(18,19)13(22,23)15(27,28)29/h4-6H,1-3H2. The monoisotopic (exact) mass is 679 g/mol. The molecule has 1 aromatic rings. The van der Waals surface area contributed by atoms with Gasteiger partial charge in [-0.3, -0.25) is 0 Å². The van der Waals surface area contributed by atoms with Gasteiger partial charge in [0.05, 0.1) is 0 Å². The predicted octanol–water partition coefficient (Wildman–Crippen LogP) is 10.8. The summed E-state index contributed by atoms with van der Waals surface area (Å²) >= 11 is 85.9. The van der Waals surface area contributed by atoms with E-state index in [-0.39, 0.29) is 11.1 Å². The van der Waals surface area contributed by atoms with Gasteiger partial charge >= 0.3 is 0 Å². The van der Waals surface area contributed by atoms with Crippen molar-refractivity contribution < 1.29 is 0 Å². The normalized spacial score (nSPS) is 15.0. The SMILES string of the molecule is [CH2]CCc1ccc(C(Cl)(Cl)C(Cl)(Cl)C(Cl)(Cl)Cl)cc1C(Cl)(Cl)C(Cl)(Cl)C(Cl)(Cl)Cl. The number of aryl methyl sites for hydroxylation is 1. The Morgan fingerprint density at radius 1 is 0.621 bits per heavy atom. The lowest BCUT2D eigenvalue weighted by molar-refractivity contribution is 0.674. The Bertz CT molecular complexity index is 726. The molecule has 29 heavy (non-hydrogen) atoms. The molecule has 14 heteroatoms. The van der Waals surface area contributed by atoms with E-state index in [1.807, 2.05) is 0 Å². The number of hydrogen-bond acceptors (Lipinski definition) is 0. The Morgan fingerprint density at radius 3 is 1.41 bits per heavy atom. The van der Waals surface area contributed by atoms with Gasteiger partial charge in [-0.2, -0.15) is 0 Å². The van der Waals surface area contributed by atoms with E-state index in [2.05, 4.69) is 6.92 Å². The van der Waals surface area contributed by atoms with Gasteiger partial charge in [0.2, 0.25) is 16.3 Å². The molecule has 0 saturated carbocycles. The topological polar surface area (TPSA) is 0 Å². The summed E-state index contributed by atoms with van der Waals surface area (Å²) in [7, 11) is 0. The fraction of sp³-hybridized carbons (Fsp3) is 0.533. The lowest BCUT2D eigenvalue weighted by Gasteiger charge is -2.41. The molecule has 0 spiro atoms. The highest BCUT2D eigenvalue weighted by Crippen LogP contribution is 2.63. The number of alkyl halides is 14. The third kappa shape index (κ3) is 5.92. The van der Waals surface area contributed by atoms with Crippen molar-refractivity contribution in [1.29, 1.82) is 0 Å². The fourth-order valence-electron chi connectivity index (χ4n) is 2.18. The highest BCUT2D eigenvalue weighted by molar-refractivity contribution is 6.79. The van der Waals surface area contributed by atoms with E-state index >= 15 is 0 Å². The molecule has 0 bridgehead atoms. The highest BCUT2D eigenvalue weighted by Gasteiger charge is 2.63. The van der Waals surface area contributed by atoms with Crippen LogP contribution in [0.4, 0.5) is 0 Å². The molecule has 1 radical (unpaired) electrons. The first-order chi connectivity index (χ1) is 12.7. The van der Waals surface area contributed by atoms with Gasteiger partial charge in [0, 0.05) is 0 Å². The van der Waals surface area contributed by atoms with Gasteiger partial charge in [-0.1, -0.05) is 181 Å². The second-order valence-corrected chi connectivity index (χ2v) is 15.6. The van der Waals surface area contributed by atoms with Crippen molar-refractivity contribution in [3.05, 3.63) is 41.8 Å². The van der Waals surface area contributed by atoms with Crippen LogP contribution >= 0.6 is 162 Å². The molecule has 0 aliphatic heterocycles. The molecule has 0 fully saturated rings. The Hall–Kier alpha value is 3.28. The quantitative estimate of drug-likeness (QED) is 0.262. The summed E-state index contributed by atoms with van der Waals surface area (Å²) in [5, 5.41) is 0. The molecule has 1 aromatic carbocycles. The summed E-state index contributed by atoms with van der Waals surface area (Å²) in [6, 6.07) is 4.38. The van der Waals surface area contributed by atoms with E-state index < -0.39 is 24.9 Å². The number of hydrogen-bond donors (Lipinski definition) is 0. The summed E-state index contributed by atoms with van der Waals surface area (Å²) < 4.78 is -13.6. The molecule has 1 rings (SSSR count). The zero-order chi connectivity index (χ0) is 23.3. The van der Waals surface area contributed by atoms with Gasteiger partial charge < -0.3 is 0 Å². The minimum Gasteiger partial charge on any atom is -0.0930 e. The molecule has 0 heterocycles. The van der Waals surface area contributed by atoms with Gasteiger partial charge in [0.15, 0.2) is 8.67 Å². The van der Waals surface area contributed by atoms with Crippen molar-refractivity contribution in [2.75, 3.05) is 0 Å². The minimum absolute atomic E-state index is 0.0547. The van der Waals surface area contributed by atoms with E-state index in [4.69, 9.17) is 162 Å². The van der Waals surface area contributed by atoms with Crippen LogP contribution in [0.25, 0.3) is 0 Å². The Kier molecular flexibility index (Phi) is 10.6. The van der Waals surface area contributed by atoms with E-state index in [1.54, 1.807) is 6.07 Å². The first-order valence-corrected chi connectivity index (χ1v) is 12.5. The summed E-state index contributed by atoms with van der Waals surface area (Å²) in [6.45, 7) is 3.78. The van der Waals surface area contributed by atoms with E-state index in [0.717, 1.165) is 0 Å². The van der Waals surface area contributed by atoms with E-state index in [0.29, 0.717) is 18.4 Å². The van der Waals surface area contributed by atoms with Gasteiger partial charge in [-0.25, -0.2) is 0 Å². The third-order valence-corrected chi connectivity index (χ3v) is 11.6. The van der Waals surface area contributed by atoms with Crippen LogP contribution < -0.4 is 0 Å². The van der Waals surface area contributed by atoms with Gasteiger partial charge in [0.25, 0.3) is 0 Å². The first kappa shape index (κ1) is 30.3. The molecule has 0 aromatic heterocycles. The van der Waals surface area contributed by atoms with Crippen molar-refractivity contribution in [2.45, 2.75) is 37.8 Å². The molecule has 0 aliphatic carbocycles.